The van der Waals surface area contributed by atoms with Crippen molar-refractivity contribution in [1.82, 2.24) is 5.32 Å². The second-order valence-corrected chi connectivity index (χ2v) is 9.71. The van der Waals surface area contributed by atoms with Crippen molar-refractivity contribution in [2.24, 2.45) is 5.92 Å². The van der Waals surface area contributed by atoms with Gasteiger partial charge in [0, 0.05) is 17.8 Å². The first-order valence-corrected chi connectivity index (χ1v) is 12.2. The molecule has 0 spiro atoms. The van der Waals surface area contributed by atoms with Gasteiger partial charge in [0.15, 0.2) is 0 Å². The number of carbonyl (C=O) groups excluding carboxylic acids is 1. The maximum Gasteiger partial charge on any atom is 0.404 e. The summed E-state index contributed by atoms with van der Waals surface area (Å²) in [6, 6.07) is 12.4. The van der Waals surface area contributed by atoms with Gasteiger partial charge in [-0.3, -0.25) is 9.52 Å². The number of nitrogens with one attached hydrogen (secondary N) is 3. The van der Waals surface area contributed by atoms with Crippen LogP contribution in [0.2, 0.25) is 5.02 Å². The van der Waals surface area contributed by atoms with Crippen LogP contribution in [-0.2, 0) is 14.8 Å². The van der Waals surface area contributed by atoms with E-state index in [1.807, 2.05) is 0 Å². The predicted molar refractivity (Wildman–Crippen MR) is 132 cm³/mol. The van der Waals surface area contributed by atoms with Crippen LogP contribution in [-0.4, -0.2) is 39.2 Å². The van der Waals surface area contributed by atoms with E-state index in [9.17, 15) is 18.0 Å². The average Bonchev–Trinajstić information content (AvgIpc) is 3.23. The van der Waals surface area contributed by atoms with Crippen molar-refractivity contribution in [1.29, 1.82) is 0 Å². The largest absolute Gasteiger partial charge is 0.495 e. The van der Waals surface area contributed by atoms with Crippen LogP contribution in [0.15, 0.2) is 57.8 Å². The molecule has 1 heterocycles. The molecule has 1 aromatic heterocycles. The third-order valence-electron chi connectivity index (χ3n) is 4.96. The van der Waals surface area contributed by atoms with Crippen molar-refractivity contribution < 1.29 is 32.3 Å². The average molecular weight is 522 g/mol. The molecule has 10 nitrogen and oxygen atoms in total. The number of hydrogen-bond donors (Lipinski definition) is 4. The summed E-state index contributed by atoms with van der Waals surface area (Å²) in [5.74, 6) is 0.361. The van der Waals surface area contributed by atoms with Crippen LogP contribution < -0.4 is 20.1 Å². The normalized spacial score (nSPS) is 12.0. The lowest BCUT2D eigenvalue weighted by molar-refractivity contribution is -0.119. The van der Waals surface area contributed by atoms with Gasteiger partial charge in [0.2, 0.25) is 5.91 Å². The SMILES string of the molecule is COc1ccc(NC(=O)[C@@H](C)CNC(=O)O)cc1NS(=O)(=O)c1ccc(-c2ccc(C)o2)cc1Cl. The minimum Gasteiger partial charge on any atom is -0.495 e. The van der Waals surface area contributed by atoms with Crippen molar-refractivity contribution in [2.75, 3.05) is 23.7 Å². The lowest BCUT2D eigenvalue weighted by Crippen LogP contribution is -2.33. The number of carbonyl (C=O) groups is 2. The van der Waals surface area contributed by atoms with E-state index >= 15 is 0 Å². The van der Waals surface area contributed by atoms with Crippen LogP contribution in [0.3, 0.4) is 0 Å². The molecular formula is C23H24ClN3O7S. The number of rotatable bonds is 9. The molecule has 0 aliphatic heterocycles. The van der Waals surface area contributed by atoms with E-state index in [1.54, 1.807) is 32.0 Å². The zero-order chi connectivity index (χ0) is 25.8. The van der Waals surface area contributed by atoms with Gasteiger partial charge in [0.25, 0.3) is 10.0 Å². The molecule has 2 amide bonds. The van der Waals surface area contributed by atoms with Crippen molar-refractivity contribution in [3.05, 3.63) is 59.3 Å². The molecule has 0 bridgehead atoms. The topological polar surface area (TPSA) is 147 Å². The van der Waals surface area contributed by atoms with E-state index < -0.39 is 27.9 Å². The minimum absolute atomic E-state index is 0.00719. The summed E-state index contributed by atoms with van der Waals surface area (Å²) in [6.07, 6.45) is -1.24. The molecule has 0 radical (unpaired) electrons. The van der Waals surface area contributed by atoms with Crippen LogP contribution in [0.25, 0.3) is 11.3 Å². The van der Waals surface area contributed by atoms with Crippen molar-refractivity contribution in [3.63, 3.8) is 0 Å². The number of benzene rings is 2. The van der Waals surface area contributed by atoms with Crippen LogP contribution in [0, 0.1) is 12.8 Å². The molecule has 3 rings (SSSR count). The third kappa shape index (κ3) is 6.46. The standard InChI is InChI=1S/C23H24ClN3O7S/c1-13(12-25-23(29)30)22(28)26-16-6-8-20(33-3)18(11-16)27-35(31,32)21-9-5-15(10-17(21)24)19-7-4-14(2)34-19/h4-11,13,25,27H,12H2,1-3H3,(H,26,28)(H,29,30)/t13-/m0/s1. The zero-order valence-electron chi connectivity index (χ0n) is 19.1. The van der Waals surface area contributed by atoms with E-state index in [0.717, 1.165) is 0 Å². The Morgan fingerprint density at radius 1 is 1.14 bits per heavy atom. The van der Waals surface area contributed by atoms with Gasteiger partial charge in [-0.05, 0) is 55.5 Å². The van der Waals surface area contributed by atoms with E-state index in [2.05, 4.69) is 15.4 Å². The van der Waals surface area contributed by atoms with E-state index in [4.69, 9.17) is 25.9 Å². The summed E-state index contributed by atoms with van der Waals surface area (Å²) in [7, 11) is -2.76. The number of sulfonamides is 1. The summed E-state index contributed by atoms with van der Waals surface area (Å²) in [4.78, 5) is 22.8. The number of anilines is 2. The number of aryl methyl sites for hydroxylation is 1. The Morgan fingerprint density at radius 3 is 2.49 bits per heavy atom. The number of hydrogen-bond acceptors (Lipinski definition) is 6. The van der Waals surface area contributed by atoms with Crippen LogP contribution >= 0.6 is 11.6 Å². The molecule has 1 atom stereocenters. The summed E-state index contributed by atoms with van der Waals surface area (Å²) >= 11 is 6.30. The summed E-state index contributed by atoms with van der Waals surface area (Å²) in [5.41, 5.74) is 0.976. The zero-order valence-corrected chi connectivity index (χ0v) is 20.7. The highest BCUT2D eigenvalue weighted by molar-refractivity contribution is 7.92. The highest BCUT2D eigenvalue weighted by Gasteiger charge is 2.22. The summed E-state index contributed by atoms with van der Waals surface area (Å²) < 4.78 is 39.5. The van der Waals surface area contributed by atoms with Gasteiger partial charge in [-0.1, -0.05) is 18.5 Å². The molecule has 35 heavy (non-hydrogen) atoms. The molecular weight excluding hydrogens is 498 g/mol. The van der Waals surface area contributed by atoms with E-state index in [0.29, 0.717) is 17.1 Å². The number of carboxylic acid groups (broad SMARTS) is 1. The van der Waals surface area contributed by atoms with Gasteiger partial charge < -0.3 is 24.9 Å². The smallest absolute Gasteiger partial charge is 0.404 e. The Labute approximate surface area is 207 Å². The predicted octanol–water partition coefficient (Wildman–Crippen LogP) is 4.56. The van der Waals surface area contributed by atoms with Crippen LogP contribution in [0.1, 0.15) is 12.7 Å². The lowest BCUT2D eigenvalue weighted by Gasteiger charge is -2.16. The first-order valence-electron chi connectivity index (χ1n) is 10.3. The molecule has 0 unspecified atom stereocenters. The second-order valence-electron chi connectivity index (χ2n) is 7.65. The fourth-order valence-corrected chi connectivity index (χ4v) is 4.73. The Balaban J connectivity index is 1.83. The lowest BCUT2D eigenvalue weighted by atomic mass is 10.1. The maximum absolute atomic E-state index is 13.1. The Morgan fingerprint density at radius 2 is 1.89 bits per heavy atom. The third-order valence-corrected chi connectivity index (χ3v) is 6.81. The molecule has 3 aromatic rings. The Kier molecular flexibility index (Phi) is 7.92. The monoisotopic (exact) mass is 521 g/mol. The van der Waals surface area contributed by atoms with E-state index in [1.165, 1.54) is 37.4 Å². The Hall–Kier alpha value is -3.70. The minimum atomic E-state index is -4.13. The number of furan rings is 1. The second kappa shape index (κ2) is 10.7. The van der Waals surface area contributed by atoms with E-state index in [-0.39, 0.29) is 33.6 Å². The van der Waals surface area contributed by atoms with Crippen molar-refractivity contribution in [3.8, 4) is 17.1 Å². The maximum atomic E-state index is 13.1. The molecule has 12 heteroatoms. The van der Waals surface area contributed by atoms with Gasteiger partial charge in [0.05, 0.1) is 23.7 Å². The molecule has 2 aromatic carbocycles. The fourth-order valence-electron chi connectivity index (χ4n) is 3.13. The van der Waals surface area contributed by atoms with Gasteiger partial charge in [-0.15, -0.1) is 0 Å². The van der Waals surface area contributed by atoms with Crippen molar-refractivity contribution in [2.45, 2.75) is 18.7 Å². The number of amides is 2. The summed E-state index contributed by atoms with van der Waals surface area (Å²) in [5, 5.41) is 13.4. The van der Waals surface area contributed by atoms with Gasteiger partial charge in [-0.25, -0.2) is 13.2 Å². The number of ether oxygens (including phenoxy) is 1. The van der Waals surface area contributed by atoms with Gasteiger partial charge >= 0.3 is 6.09 Å². The molecule has 4 N–H and O–H groups in total. The van der Waals surface area contributed by atoms with Crippen LogP contribution in [0.5, 0.6) is 5.75 Å². The van der Waals surface area contributed by atoms with Gasteiger partial charge in [0.1, 0.15) is 22.2 Å². The quantitative estimate of drug-likeness (QED) is 0.322. The van der Waals surface area contributed by atoms with Crippen molar-refractivity contribution >= 4 is 45.0 Å². The van der Waals surface area contributed by atoms with Gasteiger partial charge in [-0.2, -0.15) is 0 Å². The van der Waals surface area contributed by atoms with Crippen LogP contribution in [0.4, 0.5) is 16.2 Å². The first kappa shape index (κ1) is 25.9. The fraction of sp³-hybridized carbons (Fsp3) is 0.217. The molecule has 0 aliphatic carbocycles. The molecule has 186 valence electrons. The highest BCUT2D eigenvalue weighted by atomic mass is 35.5. The molecule has 0 saturated carbocycles. The molecule has 0 fully saturated rings. The Bertz CT molecular complexity index is 1350. The number of methoxy groups -OCH3 is 1. The molecule has 0 saturated heterocycles. The first-order chi connectivity index (χ1) is 16.5. The highest BCUT2D eigenvalue weighted by Crippen LogP contribution is 2.33. The molecule has 0 aliphatic rings. The summed E-state index contributed by atoms with van der Waals surface area (Å²) in [6.45, 7) is 3.27. The number of halogens is 1.